The lowest BCUT2D eigenvalue weighted by atomic mass is 10.2. The molecular formula is C17H18FN3O2. The van der Waals surface area contributed by atoms with Gasteiger partial charge in [0, 0.05) is 12.1 Å². The lowest BCUT2D eigenvalue weighted by Gasteiger charge is -2.16. The first kappa shape index (κ1) is 16.6. The molecule has 2 amide bonds. The third kappa shape index (κ3) is 5.52. The number of hydrogen-bond acceptors (Lipinski definition) is 3. The van der Waals surface area contributed by atoms with Crippen LogP contribution in [0.4, 0.5) is 4.39 Å². The molecule has 23 heavy (non-hydrogen) atoms. The second-order valence-electron chi connectivity index (χ2n) is 5.17. The van der Waals surface area contributed by atoms with Crippen molar-refractivity contribution < 1.29 is 14.0 Å². The fraction of sp³-hybridized carbons (Fsp3) is 0.176. The number of hydrogen-bond donors (Lipinski definition) is 2. The molecule has 0 unspecified atom stereocenters. The molecule has 0 aliphatic carbocycles. The Morgan fingerprint density at radius 2 is 1.78 bits per heavy atom. The van der Waals surface area contributed by atoms with E-state index in [1.807, 2.05) is 0 Å². The Bertz CT molecular complexity index is 677. The summed E-state index contributed by atoms with van der Waals surface area (Å²) >= 11 is 0. The standard InChI is InChI=1S/C17H18FN3O2/c1-21(11-13-6-5-9-15(18)10-13)12-16(22)19-20-17(23)14-7-3-2-4-8-14/h2-10H,11-12H2,1H3,(H,19,22)(H,20,23). The molecule has 0 aliphatic rings. The van der Waals surface area contributed by atoms with Crippen LogP contribution < -0.4 is 10.9 Å². The molecule has 0 bridgehead atoms. The number of carbonyl (C=O) groups is 2. The molecule has 0 spiro atoms. The van der Waals surface area contributed by atoms with Crippen molar-refractivity contribution in [3.05, 3.63) is 71.5 Å². The van der Waals surface area contributed by atoms with Gasteiger partial charge in [-0.3, -0.25) is 25.3 Å². The number of benzene rings is 2. The summed E-state index contributed by atoms with van der Waals surface area (Å²) in [6.45, 7) is 0.503. The zero-order valence-corrected chi connectivity index (χ0v) is 12.8. The first-order valence-corrected chi connectivity index (χ1v) is 7.12. The minimum absolute atomic E-state index is 0.0750. The molecule has 5 nitrogen and oxygen atoms in total. The fourth-order valence-electron chi connectivity index (χ4n) is 2.08. The van der Waals surface area contributed by atoms with E-state index in [1.165, 1.54) is 12.1 Å². The molecule has 0 fully saturated rings. The van der Waals surface area contributed by atoms with Gasteiger partial charge in [-0.05, 0) is 36.9 Å². The Balaban J connectivity index is 1.77. The van der Waals surface area contributed by atoms with Crippen LogP contribution in [0.2, 0.25) is 0 Å². The molecule has 0 aromatic heterocycles. The third-order valence-electron chi connectivity index (χ3n) is 3.11. The van der Waals surface area contributed by atoms with Gasteiger partial charge in [0.25, 0.3) is 11.8 Å². The predicted molar refractivity (Wildman–Crippen MR) is 84.8 cm³/mol. The average Bonchev–Trinajstić information content (AvgIpc) is 2.53. The molecule has 0 aliphatic heterocycles. The van der Waals surface area contributed by atoms with E-state index in [9.17, 15) is 14.0 Å². The normalized spacial score (nSPS) is 10.4. The first-order chi connectivity index (χ1) is 11.0. The van der Waals surface area contributed by atoms with Crippen LogP contribution in [0.3, 0.4) is 0 Å². The summed E-state index contributed by atoms with van der Waals surface area (Å²) < 4.78 is 13.1. The number of carbonyl (C=O) groups excluding carboxylic acids is 2. The average molecular weight is 315 g/mol. The van der Waals surface area contributed by atoms with E-state index in [-0.39, 0.29) is 24.2 Å². The number of hydrazine groups is 1. The summed E-state index contributed by atoms with van der Waals surface area (Å²) in [6.07, 6.45) is 0. The van der Waals surface area contributed by atoms with Gasteiger partial charge >= 0.3 is 0 Å². The second kappa shape index (κ2) is 8.05. The highest BCUT2D eigenvalue weighted by atomic mass is 19.1. The molecular weight excluding hydrogens is 297 g/mol. The van der Waals surface area contributed by atoms with Crippen LogP contribution in [0.15, 0.2) is 54.6 Å². The Morgan fingerprint density at radius 1 is 1.04 bits per heavy atom. The molecule has 0 saturated carbocycles. The number of nitrogens with zero attached hydrogens (tertiary/aromatic N) is 1. The van der Waals surface area contributed by atoms with Gasteiger partial charge in [0.2, 0.25) is 0 Å². The summed E-state index contributed by atoms with van der Waals surface area (Å²) in [7, 11) is 1.74. The first-order valence-electron chi connectivity index (χ1n) is 7.12. The highest BCUT2D eigenvalue weighted by molar-refractivity contribution is 5.95. The van der Waals surface area contributed by atoms with Crippen LogP contribution in [0.1, 0.15) is 15.9 Å². The third-order valence-corrected chi connectivity index (χ3v) is 3.11. The predicted octanol–water partition coefficient (Wildman–Crippen LogP) is 1.72. The molecule has 0 saturated heterocycles. The highest BCUT2D eigenvalue weighted by Crippen LogP contribution is 2.05. The van der Waals surface area contributed by atoms with Crippen molar-refractivity contribution >= 4 is 11.8 Å². The Labute approximate surface area is 134 Å². The molecule has 2 aromatic carbocycles. The summed E-state index contributed by atoms with van der Waals surface area (Å²) in [4.78, 5) is 25.3. The number of likely N-dealkylation sites (N-methyl/N-ethyl adjacent to an activating group) is 1. The number of rotatable bonds is 5. The zero-order chi connectivity index (χ0) is 16.7. The van der Waals surface area contributed by atoms with Crippen LogP contribution >= 0.6 is 0 Å². The van der Waals surface area contributed by atoms with E-state index in [0.717, 1.165) is 5.56 Å². The monoisotopic (exact) mass is 315 g/mol. The van der Waals surface area contributed by atoms with Gasteiger partial charge in [0.15, 0.2) is 0 Å². The summed E-state index contributed by atoms with van der Waals surface area (Å²) in [5, 5.41) is 0. The van der Waals surface area contributed by atoms with Crippen LogP contribution in [0.5, 0.6) is 0 Å². The molecule has 2 aromatic rings. The number of nitrogens with one attached hydrogen (secondary N) is 2. The van der Waals surface area contributed by atoms with Crippen LogP contribution in [0.25, 0.3) is 0 Å². The fourth-order valence-corrected chi connectivity index (χ4v) is 2.08. The van der Waals surface area contributed by atoms with Crippen molar-refractivity contribution in [3.63, 3.8) is 0 Å². The molecule has 0 radical (unpaired) electrons. The Kier molecular flexibility index (Phi) is 5.82. The van der Waals surface area contributed by atoms with E-state index in [2.05, 4.69) is 10.9 Å². The molecule has 6 heteroatoms. The SMILES string of the molecule is CN(CC(=O)NNC(=O)c1ccccc1)Cc1cccc(F)c1. The van der Waals surface area contributed by atoms with Gasteiger partial charge in [-0.15, -0.1) is 0 Å². The van der Waals surface area contributed by atoms with Crippen LogP contribution in [-0.2, 0) is 11.3 Å². The minimum Gasteiger partial charge on any atom is -0.293 e. The molecule has 2 rings (SSSR count). The van der Waals surface area contributed by atoms with Crippen molar-refractivity contribution in [2.45, 2.75) is 6.54 Å². The van der Waals surface area contributed by atoms with Crippen LogP contribution in [0, 0.1) is 5.82 Å². The number of amides is 2. The quantitative estimate of drug-likeness (QED) is 0.826. The van der Waals surface area contributed by atoms with Gasteiger partial charge in [-0.2, -0.15) is 0 Å². The van der Waals surface area contributed by atoms with Gasteiger partial charge in [-0.1, -0.05) is 30.3 Å². The van der Waals surface area contributed by atoms with Gasteiger partial charge < -0.3 is 0 Å². The van der Waals surface area contributed by atoms with E-state index < -0.39 is 0 Å². The summed E-state index contributed by atoms with van der Waals surface area (Å²) in [5.74, 6) is -1.05. The maximum absolute atomic E-state index is 13.1. The Hall–Kier alpha value is -2.73. The van der Waals surface area contributed by atoms with E-state index >= 15 is 0 Å². The number of halogens is 1. The van der Waals surface area contributed by atoms with Crippen molar-refractivity contribution in [1.82, 2.24) is 15.8 Å². The van der Waals surface area contributed by atoms with Crippen LogP contribution in [-0.4, -0.2) is 30.3 Å². The second-order valence-corrected chi connectivity index (χ2v) is 5.17. The van der Waals surface area contributed by atoms with Gasteiger partial charge in [-0.25, -0.2) is 4.39 Å². The Morgan fingerprint density at radius 3 is 2.48 bits per heavy atom. The van der Waals surface area contributed by atoms with Crippen molar-refractivity contribution in [3.8, 4) is 0 Å². The maximum atomic E-state index is 13.1. The maximum Gasteiger partial charge on any atom is 0.269 e. The van der Waals surface area contributed by atoms with E-state index in [1.54, 1.807) is 54.4 Å². The van der Waals surface area contributed by atoms with Crippen molar-refractivity contribution in [2.75, 3.05) is 13.6 Å². The van der Waals surface area contributed by atoms with Crippen molar-refractivity contribution in [2.24, 2.45) is 0 Å². The lowest BCUT2D eigenvalue weighted by Crippen LogP contribution is -2.45. The van der Waals surface area contributed by atoms with E-state index in [0.29, 0.717) is 12.1 Å². The topological polar surface area (TPSA) is 61.4 Å². The smallest absolute Gasteiger partial charge is 0.269 e. The molecule has 2 N–H and O–H groups in total. The van der Waals surface area contributed by atoms with Crippen molar-refractivity contribution in [1.29, 1.82) is 0 Å². The molecule has 120 valence electrons. The highest BCUT2D eigenvalue weighted by Gasteiger charge is 2.09. The summed E-state index contributed by atoms with van der Waals surface area (Å²) in [6, 6.07) is 14.8. The molecule has 0 heterocycles. The van der Waals surface area contributed by atoms with Gasteiger partial charge in [0.1, 0.15) is 5.82 Å². The summed E-state index contributed by atoms with van der Waals surface area (Å²) in [5.41, 5.74) is 5.94. The van der Waals surface area contributed by atoms with E-state index in [4.69, 9.17) is 0 Å². The minimum atomic E-state index is -0.383. The van der Waals surface area contributed by atoms with Gasteiger partial charge in [0.05, 0.1) is 6.54 Å². The lowest BCUT2D eigenvalue weighted by molar-refractivity contribution is -0.122. The molecule has 0 atom stereocenters. The zero-order valence-electron chi connectivity index (χ0n) is 12.8. The largest absolute Gasteiger partial charge is 0.293 e.